The van der Waals surface area contributed by atoms with E-state index in [1.165, 1.54) is 0 Å². The number of ether oxygens (including phenoxy) is 1. The maximum atomic E-state index is 12.3. The fourth-order valence-electron chi connectivity index (χ4n) is 2.15. The van der Waals surface area contributed by atoms with Crippen molar-refractivity contribution in [3.05, 3.63) is 76.8 Å². The molecule has 0 aliphatic carbocycles. The van der Waals surface area contributed by atoms with Crippen LogP contribution in [0.1, 0.15) is 22.0 Å². The molecule has 0 bridgehead atoms. The molecule has 0 amide bonds. The predicted molar refractivity (Wildman–Crippen MR) is 74.7 cm³/mol. The molecule has 2 aromatic rings. The minimum absolute atomic E-state index is 0.0678. The lowest BCUT2D eigenvalue weighted by Gasteiger charge is -2.27. The summed E-state index contributed by atoms with van der Waals surface area (Å²) in [7, 11) is 0. The first kappa shape index (κ1) is 12.0. The van der Waals surface area contributed by atoms with Crippen molar-refractivity contribution in [2.75, 3.05) is 0 Å². The second-order valence-electron chi connectivity index (χ2n) is 4.40. The quantitative estimate of drug-likeness (QED) is 0.726. The van der Waals surface area contributed by atoms with Gasteiger partial charge in [-0.15, -0.1) is 0 Å². The number of Topliss-reactive ketones (excluding diaryl/α,β-unsaturated/α-hetero) is 1. The Hall–Kier alpha value is -2.06. The summed E-state index contributed by atoms with van der Waals surface area (Å²) in [6, 6.07) is 14.5. The lowest BCUT2D eigenvalue weighted by Crippen LogP contribution is -2.22. The molecule has 1 heterocycles. The molecular weight excluding hydrogens is 260 g/mol. The van der Waals surface area contributed by atoms with Crippen molar-refractivity contribution in [3.8, 4) is 5.75 Å². The van der Waals surface area contributed by atoms with Gasteiger partial charge in [0.1, 0.15) is 5.75 Å². The summed E-state index contributed by atoms with van der Waals surface area (Å²) in [4.78, 5) is 12.3. The molecule has 94 valence electrons. The van der Waals surface area contributed by atoms with E-state index in [-0.39, 0.29) is 5.78 Å². The van der Waals surface area contributed by atoms with Crippen LogP contribution in [0.3, 0.4) is 0 Å². The third-order valence-corrected chi connectivity index (χ3v) is 3.41. The Morgan fingerprint density at radius 1 is 1.05 bits per heavy atom. The standard InChI is InChI=1S/C16H11ClO2/c1-10-15(18)13-4-2-3-5-14(13)19-16(10)11-6-8-12(17)9-7-11/h2-9,16H,1H2. The molecule has 1 unspecified atom stereocenters. The van der Waals surface area contributed by atoms with Crippen molar-refractivity contribution >= 4 is 17.4 Å². The molecule has 2 aromatic carbocycles. The van der Waals surface area contributed by atoms with Crippen LogP contribution < -0.4 is 4.74 Å². The van der Waals surface area contributed by atoms with Crippen LogP contribution in [0.15, 0.2) is 60.7 Å². The second-order valence-corrected chi connectivity index (χ2v) is 4.84. The van der Waals surface area contributed by atoms with E-state index in [9.17, 15) is 4.79 Å². The van der Waals surface area contributed by atoms with Crippen molar-refractivity contribution in [1.29, 1.82) is 0 Å². The molecular formula is C16H11ClO2. The van der Waals surface area contributed by atoms with E-state index < -0.39 is 6.10 Å². The smallest absolute Gasteiger partial charge is 0.196 e. The number of halogens is 1. The van der Waals surface area contributed by atoms with E-state index in [1.54, 1.807) is 24.3 Å². The normalized spacial score (nSPS) is 17.8. The van der Waals surface area contributed by atoms with E-state index in [4.69, 9.17) is 16.3 Å². The summed E-state index contributed by atoms with van der Waals surface area (Å²) in [6.45, 7) is 3.87. The zero-order chi connectivity index (χ0) is 13.4. The lowest BCUT2D eigenvalue weighted by molar-refractivity contribution is 0.0962. The summed E-state index contributed by atoms with van der Waals surface area (Å²) in [6.07, 6.45) is -0.445. The first-order valence-electron chi connectivity index (χ1n) is 5.91. The van der Waals surface area contributed by atoms with E-state index in [0.29, 0.717) is 21.9 Å². The van der Waals surface area contributed by atoms with E-state index in [2.05, 4.69) is 6.58 Å². The molecule has 1 atom stereocenters. The molecule has 3 rings (SSSR count). The van der Waals surface area contributed by atoms with Gasteiger partial charge in [0.2, 0.25) is 0 Å². The fraction of sp³-hybridized carbons (Fsp3) is 0.0625. The first-order valence-corrected chi connectivity index (χ1v) is 6.29. The van der Waals surface area contributed by atoms with Gasteiger partial charge in [0.15, 0.2) is 11.9 Å². The van der Waals surface area contributed by atoms with Gasteiger partial charge in [0, 0.05) is 10.6 Å². The Balaban J connectivity index is 2.04. The second kappa shape index (κ2) is 4.56. The number of hydrogen-bond donors (Lipinski definition) is 0. The van der Waals surface area contributed by atoms with Gasteiger partial charge >= 0.3 is 0 Å². The van der Waals surface area contributed by atoms with Crippen LogP contribution in [-0.4, -0.2) is 5.78 Å². The summed E-state index contributed by atoms with van der Waals surface area (Å²) < 4.78 is 5.88. The summed E-state index contributed by atoms with van der Waals surface area (Å²) in [5, 5.41) is 0.650. The highest BCUT2D eigenvalue weighted by molar-refractivity contribution is 6.30. The Kier molecular flexibility index (Phi) is 2.88. The summed E-state index contributed by atoms with van der Waals surface area (Å²) >= 11 is 5.87. The fourth-order valence-corrected chi connectivity index (χ4v) is 2.28. The van der Waals surface area contributed by atoms with Crippen LogP contribution in [0.4, 0.5) is 0 Å². The molecule has 0 aromatic heterocycles. The van der Waals surface area contributed by atoms with E-state index in [0.717, 1.165) is 5.56 Å². The molecule has 0 N–H and O–H groups in total. The number of benzene rings is 2. The van der Waals surface area contributed by atoms with Crippen molar-refractivity contribution in [1.82, 2.24) is 0 Å². The van der Waals surface area contributed by atoms with Gasteiger partial charge in [0.05, 0.1) is 5.56 Å². The number of para-hydroxylation sites is 1. The van der Waals surface area contributed by atoms with Gasteiger partial charge in [-0.2, -0.15) is 0 Å². The Morgan fingerprint density at radius 3 is 2.47 bits per heavy atom. The molecule has 0 fully saturated rings. The topological polar surface area (TPSA) is 26.3 Å². The maximum Gasteiger partial charge on any atom is 0.196 e. The molecule has 1 aliphatic rings. The van der Waals surface area contributed by atoms with Crippen LogP contribution in [0, 0.1) is 0 Å². The number of fused-ring (bicyclic) bond motifs is 1. The van der Waals surface area contributed by atoms with E-state index in [1.807, 2.05) is 24.3 Å². The average molecular weight is 271 g/mol. The Morgan fingerprint density at radius 2 is 1.74 bits per heavy atom. The number of carbonyl (C=O) groups is 1. The Bertz CT molecular complexity index is 659. The zero-order valence-corrected chi connectivity index (χ0v) is 10.9. The van der Waals surface area contributed by atoms with Crippen molar-refractivity contribution in [2.45, 2.75) is 6.10 Å². The largest absolute Gasteiger partial charge is 0.480 e. The molecule has 0 spiro atoms. The van der Waals surface area contributed by atoms with Gasteiger partial charge in [-0.3, -0.25) is 4.79 Å². The van der Waals surface area contributed by atoms with Crippen LogP contribution in [0.2, 0.25) is 5.02 Å². The van der Waals surface area contributed by atoms with Crippen LogP contribution in [0.25, 0.3) is 0 Å². The minimum atomic E-state index is -0.445. The Labute approximate surface area is 116 Å². The lowest BCUT2D eigenvalue weighted by atomic mass is 9.92. The molecule has 3 heteroatoms. The molecule has 1 aliphatic heterocycles. The third-order valence-electron chi connectivity index (χ3n) is 3.16. The van der Waals surface area contributed by atoms with Gasteiger partial charge in [-0.05, 0) is 29.8 Å². The van der Waals surface area contributed by atoms with Crippen LogP contribution >= 0.6 is 11.6 Å². The molecule has 2 nitrogen and oxygen atoms in total. The first-order chi connectivity index (χ1) is 9.16. The molecule has 0 radical (unpaired) electrons. The monoisotopic (exact) mass is 270 g/mol. The average Bonchev–Trinajstić information content (AvgIpc) is 2.44. The predicted octanol–water partition coefficient (Wildman–Crippen LogP) is 4.21. The number of carbonyl (C=O) groups excluding carboxylic acids is 1. The number of ketones is 1. The van der Waals surface area contributed by atoms with Crippen molar-refractivity contribution in [3.63, 3.8) is 0 Å². The highest BCUT2D eigenvalue weighted by Crippen LogP contribution is 2.37. The van der Waals surface area contributed by atoms with E-state index >= 15 is 0 Å². The van der Waals surface area contributed by atoms with Gasteiger partial charge in [-0.25, -0.2) is 0 Å². The highest BCUT2D eigenvalue weighted by Gasteiger charge is 2.31. The zero-order valence-electron chi connectivity index (χ0n) is 10.1. The van der Waals surface area contributed by atoms with Crippen LogP contribution in [0.5, 0.6) is 5.75 Å². The van der Waals surface area contributed by atoms with Crippen LogP contribution in [-0.2, 0) is 0 Å². The van der Waals surface area contributed by atoms with Gasteiger partial charge in [-0.1, -0.05) is 42.4 Å². The van der Waals surface area contributed by atoms with Crippen molar-refractivity contribution in [2.24, 2.45) is 0 Å². The molecule has 0 saturated carbocycles. The summed E-state index contributed by atoms with van der Waals surface area (Å²) in [5.41, 5.74) is 1.89. The van der Waals surface area contributed by atoms with Gasteiger partial charge in [0.25, 0.3) is 0 Å². The number of hydrogen-bond acceptors (Lipinski definition) is 2. The maximum absolute atomic E-state index is 12.3. The highest BCUT2D eigenvalue weighted by atomic mass is 35.5. The summed E-state index contributed by atoms with van der Waals surface area (Å²) in [5.74, 6) is 0.529. The molecule has 19 heavy (non-hydrogen) atoms. The van der Waals surface area contributed by atoms with Crippen molar-refractivity contribution < 1.29 is 9.53 Å². The molecule has 0 saturated heterocycles. The van der Waals surface area contributed by atoms with Gasteiger partial charge < -0.3 is 4.74 Å². The minimum Gasteiger partial charge on any atom is -0.480 e. The SMILES string of the molecule is C=C1C(=O)c2ccccc2OC1c1ccc(Cl)cc1. The third kappa shape index (κ3) is 2.04. The number of rotatable bonds is 1.